The van der Waals surface area contributed by atoms with Crippen molar-refractivity contribution in [3.05, 3.63) is 62.8 Å². The van der Waals surface area contributed by atoms with Crippen LogP contribution in [0.5, 0.6) is 0 Å². The molecule has 0 aliphatic carbocycles. The molecule has 1 aromatic carbocycles. The second kappa shape index (κ2) is 7.28. The fourth-order valence-electron chi connectivity index (χ4n) is 1.70. The van der Waals surface area contributed by atoms with E-state index >= 15 is 0 Å². The van der Waals surface area contributed by atoms with Crippen molar-refractivity contribution < 1.29 is 4.79 Å². The van der Waals surface area contributed by atoms with Gasteiger partial charge in [0, 0.05) is 17.6 Å². The number of benzene rings is 1. The molecule has 0 saturated heterocycles. The maximum Gasteiger partial charge on any atom is 0.270 e. The molecular weight excluding hydrogens is 310 g/mol. The predicted octanol–water partition coefficient (Wildman–Crippen LogP) is 2.22. The molecule has 5 nitrogen and oxygen atoms in total. The minimum Gasteiger partial charge on any atom is -0.347 e. The minimum atomic E-state index is -0.376. The summed E-state index contributed by atoms with van der Waals surface area (Å²) in [6.45, 7) is 0.350. The number of carbonyl (C=O) groups is 1. The fourth-order valence-corrected chi connectivity index (χ4v) is 2.24. The monoisotopic (exact) mass is 323 g/mol. The zero-order valence-electron chi connectivity index (χ0n) is 11.4. The van der Waals surface area contributed by atoms with Gasteiger partial charge in [0.25, 0.3) is 11.5 Å². The average molecular weight is 324 g/mol. The number of H-pyrrole nitrogens is 1. The molecule has 2 rings (SSSR count). The molecule has 1 amide bonds. The molecule has 21 heavy (non-hydrogen) atoms. The van der Waals surface area contributed by atoms with Gasteiger partial charge in [0.1, 0.15) is 11.5 Å². The lowest BCUT2D eigenvalue weighted by Gasteiger charge is -2.06. The van der Waals surface area contributed by atoms with Gasteiger partial charge >= 0.3 is 0 Å². The number of rotatable bonds is 5. The molecule has 0 saturated carbocycles. The van der Waals surface area contributed by atoms with Crippen LogP contribution < -0.4 is 10.9 Å². The number of nitrogens with zero attached hydrogens (tertiary/aromatic N) is 1. The number of amides is 1. The highest BCUT2D eigenvalue weighted by Gasteiger charge is 2.10. The van der Waals surface area contributed by atoms with Crippen LogP contribution >= 0.6 is 23.4 Å². The third kappa shape index (κ3) is 4.61. The van der Waals surface area contributed by atoms with Crippen LogP contribution in [0.2, 0.25) is 5.02 Å². The Bertz CT molecular complexity index is 685. The lowest BCUT2D eigenvalue weighted by atomic mass is 10.2. The number of hydrogen-bond acceptors (Lipinski definition) is 4. The van der Waals surface area contributed by atoms with E-state index < -0.39 is 0 Å². The topological polar surface area (TPSA) is 74.8 Å². The second-order valence-electron chi connectivity index (χ2n) is 4.32. The van der Waals surface area contributed by atoms with Gasteiger partial charge in [-0.2, -0.15) is 11.8 Å². The van der Waals surface area contributed by atoms with Crippen LogP contribution in [0, 0.1) is 0 Å². The highest BCUT2D eigenvalue weighted by atomic mass is 35.5. The van der Waals surface area contributed by atoms with Gasteiger partial charge < -0.3 is 10.3 Å². The SMILES string of the molecule is CSCc1nc(C(=O)NCc2ccc(Cl)cc2)cc(=O)[nH]1. The molecule has 2 aromatic rings. The molecular formula is C14H14ClN3O2S. The van der Waals surface area contributed by atoms with Crippen LogP contribution in [-0.2, 0) is 12.3 Å². The first-order valence-electron chi connectivity index (χ1n) is 6.20. The van der Waals surface area contributed by atoms with Crippen LogP contribution in [0.4, 0.5) is 0 Å². The first-order chi connectivity index (χ1) is 10.1. The Kier molecular flexibility index (Phi) is 5.41. The maximum atomic E-state index is 12.0. The van der Waals surface area contributed by atoms with Crippen molar-refractivity contribution in [1.29, 1.82) is 0 Å². The minimum absolute atomic E-state index is 0.122. The van der Waals surface area contributed by atoms with E-state index in [9.17, 15) is 9.59 Å². The van der Waals surface area contributed by atoms with Crippen molar-refractivity contribution in [2.45, 2.75) is 12.3 Å². The smallest absolute Gasteiger partial charge is 0.270 e. The number of thioether (sulfide) groups is 1. The largest absolute Gasteiger partial charge is 0.347 e. The average Bonchev–Trinajstić information content (AvgIpc) is 2.46. The van der Waals surface area contributed by atoms with Gasteiger partial charge in [-0.15, -0.1) is 0 Å². The molecule has 1 aromatic heterocycles. The number of carbonyl (C=O) groups excluding carboxylic acids is 1. The molecule has 7 heteroatoms. The van der Waals surface area contributed by atoms with Gasteiger partial charge in [-0.05, 0) is 24.0 Å². The van der Waals surface area contributed by atoms with Crippen LogP contribution in [0.15, 0.2) is 35.1 Å². The Labute approximate surface area is 131 Å². The van der Waals surface area contributed by atoms with Gasteiger partial charge in [-0.1, -0.05) is 23.7 Å². The van der Waals surface area contributed by atoms with Gasteiger partial charge in [-0.25, -0.2) is 4.98 Å². The summed E-state index contributed by atoms with van der Waals surface area (Å²) >= 11 is 7.32. The Hall–Kier alpha value is -1.79. The molecule has 2 N–H and O–H groups in total. The van der Waals surface area contributed by atoms with Gasteiger partial charge in [0.15, 0.2) is 0 Å². The second-order valence-corrected chi connectivity index (χ2v) is 5.62. The predicted molar refractivity (Wildman–Crippen MR) is 84.7 cm³/mol. The van der Waals surface area contributed by atoms with E-state index in [2.05, 4.69) is 15.3 Å². The Balaban J connectivity index is 2.06. The summed E-state index contributed by atoms with van der Waals surface area (Å²) in [5, 5.41) is 3.37. The quantitative estimate of drug-likeness (QED) is 0.884. The Morgan fingerprint density at radius 1 is 1.38 bits per heavy atom. The van der Waals surface area contributed by atoms with Gasteiger partial charge in [0.05, 0.1) is 5.75 Å². The van der Waals surface area contributed by atoms with Crippen LogP contribution in [0.3, 0.4) is 0 Å². The van der Waals surface area contributed by atoms with E-state index in [-0.39, 0.29) is 17.2 Å². The molecule has 0 fully saturated rings. The van der Waals surface area contributed by atoms with Gasteiger partial charge in [-0.3, -0.25) is 9.59 Å². The molecule has 0 spiro atoms. The highest BCUT2D eigenvalue weighted by Crippen LogP contribution is 2.09. The van der Waals surface area contributed by atoms with Crippen LogP contribution in [-0.4, -0.2) is 22.1 Å². The third-order valence-electron chi connectivity index (χ3n) is 2.67. The Morgan fingerprint density at radius 3 is 2.76 bits per heavy atom. The van der Waals surface area contributed by atoms with Gasteiger partial charge in [0.2, 0.25) is 0 Å². The van der Waals surface area contributed by atoms with Crippen molar-refractivity contribution in [2.75, 3.05) is 6.26 Å². The summed E-state index contributed by atoms with van der Waals surface area (Å²) in [5.41, 5.74) is 0.712. The van der Waals surface area contributed by atoms with Crippen molar-refractivity contribution in [1.82, 2.24) is 15.3 Å². The molecule has 0 unspecified atom stereocenters. The fraction of sp³-hybridized carbons (Fsp3) is 0.214. The summed E-state index contributed by atoms with van der Waals surface area (Å²) < 4.78 is 0. The third-order valence-corrected chi connectivity index (χ3v) is 3.48. The van der Waals surface area contributed by atoms with E-state index in [0.717, 1.165) is 5.56 Å². The van der Waals surface area contributed by atoms with Crippen molar-refractivity contribution in [2.24, 2.45) is 0 Å². The zero-order chi connectivity index (χ0) is 15.2. The molecule has 0 bridgehead atoms. The molecule has 0 atom stereocenters. The lowest BCUT2D eigenvalue weighted by Crippen LogP contribution is -2.26. The molecule has 110 valence electrons. The first kappa shape index (κ1) is 15.6. The number of nitrogens with one attached hydrogen (secondary N) is 2. The first-order valence-corrected chi connectivity index (χ1v) is 7.97. The highest BCUT2D eigenvalue weighted by molar-refractivity contribution is 7.97. The normalized spacial score (nSPS) is 10.4. The summed E-state index contributed by atoms with van der Waals surface area (Å²) in [7, 11) is 0. The van der Waals surface area contributed by atoms with Crippen molar-refractivity contribution in [3.8, 4) is 0 Å². The van der Waals surface area contributed by atoms with E-state index in [1.54, 1.807) is 12.1 Å². The summed E-state index contributed by atoms with van der Waals surface area (Å²) in [6, 6.07) is 8.36. The number of aromatic amines is 1. The summed E-state index contributed by atoms with van der Waals surface area (Å²) in [5.74, 6) is 0.665. The molecule has 0 aliphatic rings. The van der Waals surface area contributed by atoms with E-state index in [4.69, 9.17) is 11.6 Å². The van der Waals surface area contributed by atoms with Crippen molar-refractivity contribution in [3.63, 3.8) is 0 Å². The van der Waals surface area contributed by atoms with E-state index in [1.807, 2.05) is 18.4 Å². The lowest BCUT2D eigenvalue weighted by molar-refractivity contribution is 0.0945. The molecule has 0 radical (unpaired) electrons. The number of aromatic nitrogens is 2. The molecule has 0 aliphatic heterocycles. The number of halogens is 1. The maximum absolute atomic E-state index is 12.0. The van der Waals surface area contributed by atoms with Crippen LogP contribution in [0.25, 0.3) is 0 Å². The number of hydrogen-bond donors (Lipinski definition) is 2. The summed E-state index contributed by atoms with van der Waals surface area (Å²) in [4.78, 5) is 30.3. The van der Waals surface area contributed by atoms with E-state index in [1.165, 1.54) is 17.8 Å². The van der Waals surface area contributed by atoms with Crippen LogP contribution in [0.1, 0.15) is 21.9 Å². The molecule has 1 heterocycles. The van der Waals surface area contributed by atoms with Crippen molar-refractivity contribution >= 4 is 29.3 Å². The Morgan fingerprint density at radius 2 is 2.10 bits per heavy atom. The van der Waals surface area contributed by atoms with E-state index in [0.29, 0.717) is 23.1 Å². The standard InChI is InChI=1S/C14H14ClN3O2S/c1-21-8-12-17-11(6-13(19)18-12)14(20)16-7-9-2-4-10(15)5-3-9/h2-6H,7-8H2,1H3,(H,16,20)(H,17,18,19). The zero-order valence-corrected chi connectivity index (χ0v) is 12.9. The summed E-state index contributed by atoms with van der Waals surface area (Å²) in [6.07, 6.45) is 1.90.